The molecule has 0 spiro atoms. The van der Waals surface area contributed by atoms with Crippen LogP contribution in [-0.4, -0.2) is 16.1 Å². The Hall–Kier alpha value is -1.62. The maximum absolute atomic E-state index is 5.81. The van der Waals surface area contributed by atoms with Crippen LogP contribution in [0.25, 0.3) is 0 Å². The van der Waals surface area contributed by atoms with Crippen LogP contribution in [0.3, 0.4) is 0 Å². The normalized spacial score (nSPS) is 12.0. The average Bonchev–Trinajstić information content (AvgIpc) is 2.37. The van der Waals surface area contributed by atoms with E-state index in [4.69, 9.17) is 4.74 Å². The van der Waals surface area contributed by atoms with E-state index in [0.717, 1.165) is 28.3 Å². The van der Waals surface area contributed by atoms with Crippen molar-refractivity contribution in [3.05, 3.63) is 40.8 Å². The summed E-state index contributed by atoms with van der Waals surface area (Å²) in [6.07, 6.45) is 1.19. The molecule has 1 aromatic heterocycles. The number of benzene rings is 1. The van der Waals surface area contributed by atoms with Gasteiger partial charge in [-0.3, -0.25) is 0 Å². The van der Waals surface area contributed by atoms with E-state index in [-0.39, 0.29) is 6.10 Å². The Labute approximate surface area is 127 Å². The Bertz CT molecular complexity index is 569. The molecule has 0 saturated carbocycles. The number of hydrogen-bond donors (Lipinski definition) is 1. The minimum absolute atomic E-state index is 0.209. The van der Waals surface area contributed by atoms with Crippen LogP contribution in [0.15, 0.2) is 34.9 Å². The molecule has 5 heteroatoms. The summed E-state index contributed by atoms with van der Waals surface area (Å²) in [5.74, 6) is 2.33. The Morgan fingerprint density at radius 1 is 1.30 bits per heavy atom. The number of nitrogens with zero attached hydrogens (tertiary/aromatic N) is 2. The molecule has 1 heterocycles. The fourth-order valence-electron chi connectivity index (χ4n) is 1.71. The van der Waals surface area contributed by atoms with Gasteiger partial charge in [0.15, 0.2) is 0 Å². The van der Waals surface area contributed by atoms with Crippen LogP contribution in [0.4, 0.5) is 11.5 Å². The lowest BCUT2D eigenvalue weighted by Gasteiger charge is -2.14. The van der Waals surface area contributed by atoms with Gasteiger partial charge in [-0.25, -0.2) is 9.97 Å². The predicted molar refractivity (Wildman–Crippen MR) is 84.6 cm³/mol. The van der Waals surface area contributed by atoms with Gasteiger partial charge in [-0.1, -0.05) is 13.0 Å². The second-order valence-corrected chi connectivity index (χ2v) is 5.43. The van der Waals surface area contributed by atoms with Gasteiger partial charge in [-0.15, -0.1) is 0 Å². The van der Waals surface area contributed by atoms with E-state index in [1.54, 1.807) is 0 Å². The number of halogens is 1. The first-order valence-corrected chi connectivity index (χ1v) is 7.41. The minimum atomic E-state index is 0.209. The van der Waals surface area contributed by atoms with Crippen LogP contribution in [0.2, 0.25) is 0 Å². The van der Waals surface area contributed by atoms with Crippen LogP contribution in [-0.2, 0) is 0 Å². The number of aromatic nitrogens is 2. The van der Waals surface area contributed by atoms with E-state index < -0.39 is 0 Å². The molecule has 20 heavy (non-hydrogen) atoms. The van der Waals surface area contributed by atoms with Crippen molar-refractivity contribution in [3.63, 3.8) is 0 Å². The summed E-state index contributed by atoms with van der Waals surface area (Å²) in [5, 5.41) is 3.26. The fraction of sp³-hybridized carbons (Fsp3) is 0.333. The van der Waals surface area contributed by atoms with Crippen LogP contribution in [0, 0.1) is 6.92 Å². The molecule has 0 aliphatic rings. The lowest BCUT2D eigenvalue weighted by molar-refractivity contribution is 0.217. The van der Waals surface area contributed by atoms with E-state index in [1.165, 1.54) is 0 Å². The van der Waals surface area contributed by atoms with Crippen LogP contribution < -0.4 is 10.1 Å². The molecule has 106 valence electrons. The zero-order valence-electron chi connectivity index (χ0n) is 11.9. The summed E-state index contributed by atoms with van der Waals surface area (Å²) in [6, 6.07) is 9.71. The van der Waals surface area contributed by atoms with Crippen molar-refractivity contribution in [1.29, 1.82) is 0 Å². The summed E-state index contributed by atoms with van der Waals surface area (Å²) in [5.41, 5.74) is 0.941. The second kappa shape index (κ2) is 6.70. The van der Waals surface area contributed by atoms with Crippen molar-refractivity contribution >= 4 is 27.4 Å². The lowest BCUT2D eigenvalue weighted by atomic mass is 10.2. The fourth-order valence-corrected chi connectivity index (χ4v) is 2.18. The van der Waals surface area contributed by atoms with Gasteiger partial charge >= 0.3 is 0 Å². The number of ether oxygens (including phenoxy) is 1. The highest BCUT2D eigenvalue weighted by molar-refractivity contribution is 9.10. The van der Waals surface area contributed by atoms with E-state index in [2.05, 4.69) is 45.1 Å². The van der Waals surface area contributed by atoms with Gasteiger partial charge in [0.05, 0.1) is 6.10 Å². The van der Waals surface area contributed by atoms with Crippen molar-refractivity contribution in [1.82, 2.24) is 9.97 Å². The molecule has 0 amide bonds. The smallest absolute Gasteiger partial charge is 0.135 e. The summed E-state index contributed by atoms with van der Waals surface area (Å²) >= 11 is 3.37. The number of nitrogens with one attached hydrogen (secondary N) is 1. The SMILES string of the molecule is CCC(C)Oc1cccc(Nc2cc(Br)nc(C)n2)c1. The van der Waals surface area contributed by atoms with Gasteiger partial charge in [0, 0.05) is 17.8 Å². The zero-order chi connectivity index (χ0) is 14.5. The van der Waals surface area contributed by atoms with E-state index in [9.17, 15) is 0 Å². The molecule has 0 saturated heterocycles. The van der Waals surface area contributed by atoms with Crippen molar-refractivity contribution in [3.8, 4) is 5.75 Å². The first kappa shape index (κ1) is 14.8. The number of aryl methyl sites for hydroxylation is 1. The Balaban J connectivity index is 2.15. The van der Waals surface area contributed by atoms with E-state index >= 15 is 0 Å². The molecular formula is C15H18BrN3O. The molecule has 1 unspecified atom stereocenters. The highest BCUT2D eigenvalue weighted by atomic mass is 79.9. The number of rotatable bonds is 5. The molecule has 0 radical (unpaired) electrons. The monoisotopic (exact) mass is 335 g/mol. The molecule has 1 atom stereocenters. The zero-order valence-corrected chi connectivity index (χ0v) is 13.4. The Morgan fingerprint density at radius 3 is 2.80 bits per heavy atom. The van der Waals surface area contributed by atoms with Gasteiger partial charge < -0.3 is 10.1 Å². The summed E-state index contributed by atoms with van der Waals surface area (Å²) in [4.78, 5) is 8.53. The van der Waals surface area contributed by atoms with Gasteiger partial charge in [0.1, 0.15) is 22.0 Å². The van der Waals surface area contributed by atoms with Crippen LogP contribution in [0.1, 0.15) is 26.1 Å². The molecule has 2 rings (SSSR count). The van der Waals surface area contributed by atoms with Gasteiger partial charge in [-0.05, 0) is 48.3 Å². The highest BCUT2D eigenvalue weighted by Crippen LogP contribution is 2.23. The topological polar surface area (TPSA) is 47.0 Å². The van der Waals surface area contributed by atoms with Crippen LogP contribution in [0.5, 0.6) is 5.75 Å². The molecule has 0 aliphatic heterocycles. The molecule has 2 aromatic rings. The standard InChI is InChI=1S/C15H18BrN3O/c1-4-10(2)20-13-7-5-6-12(8-13)19-15-9-14(16)17-11(3)18-15/h5-10H,4H2,1-3H3,(H,17,18,19). The molecule has 0 bridgehead atoms. The molecule has 0 aliphatic carbocycles. The van der Waals surface area contributed by atoms with E-state index in [0.29, 0.717) is 5.82 Å². The molecule has 0 fully saturated rings. The van der Waals surface area contributed by atoms with Crippen molar-refractivity contribution in [2.45, 2.75) is 33.3 Å². The number of hydrogen-bond acceptors (Lipinski definition) is 4. The summed E-state index contributed by atoms with van der Waals surface area (Å²) in [7, 11) is 0. The highest BCUT2D eigenvalue weighted by Gasteiger charge is 2.04. The Morgan fingerprint density at radius 2 is 2.10 bits per heavy atom. The third kappa shape index (κ3) is 4.20. The third-order valence-electron chi connectivity index (χ3n) is 2.83. The van der Waals surface area contributed by atoms with Crippen LogP contribution >= 0.6 is 15.9 Å². The second-order valence-electron chi connectivity index (χ2n) is 4.61. The van der Waals surface area contributed by atoms with Gasteiger partial charge in [-0.2, -0.15) is 0 Å². The first-order valence-electron chi connectivity index (χ1n) is 6.61. The van der Waals surface area contributed by atoms with Crippen molar-refractivity contribution in [2.75, 3.05) is 5.32 Å². The largest absolute Gasteiger partial charge is 0.491 e. The number of anilines is 2. The predicted octanol–water partition coefficient (Wildman–Crippen LogP) is 4.47. The molecular weight excluding hydrogens is 318 g/mol. The van der Waals surface area contributed by atoms with Crippen molar-refractivity contribution < 1.29 is 4.74 Å². The maximum Gasteiger partial charge on any atom is 0.135 e. The van der Waals surface area contributed by atoms with E-state index in [1.807, 2.05) is 37.3 Å². The molecule has 1 N–H and O–H groups in total. The van der Waals surface area contributed by atoms with Crippen molar-refractivity contribution in [2.24, 2.45) is 0 Å². The van der Waals surface area contributed by atoms with Gasteiger partial charge in [0.25, 0.3) is 0 Å². The maximum atomic E-state index is 5.81. The third-order valence-corrected chi connectivity index (χ3v) is 3.23. The molecule has 4 nitrogen and oxygen atoms in total. The van der Waals surface area contributed by atoms with Gasteiger partial charge in [0.2, 0.25) is 0 Å². The summed E-state index contributed by atoms with van der Waals surface area (Å²) < 4.78 is 6.57. The minimum Gasteiger partial charge on any atom is -0.491 e. The average molecular weight is 336 g/mol. The quantitative estimate of drug-likeness (QED) is 0.819. The lowest BCUT2D eigenvalue weighted by Crippen LogP contribution is -2.09. The molecule has 1 aromatic carbocycles. The summed E-state index contributed by atoms with van der Waals surface area (Å²) in [6.45, 7) is 6.03. The Kier molecular flexibility index (Phi) is 4.95. The first-order chi connectivity index (χ1) is 9.56.